The van der Waals surface area contributed by atoms with Gasteiger partial charge >= 0.3 is 11.9 Å². The third kappa shape index (κ3) is 6.06. The van der Waals surface area contributed by atoms with Gasteiger partial charge < -0.3 is 21.7 Å². The summed E-state index contributed by atoms with van der Waals surface area (Å²) in [6.45, 7) is 2.13. The predicted molar refractivity (Wildman–Crippen MR) is 89.6 cm³/mol. The van der Waals surface area contributed by atoms with Crippen molar-refractivity contribution in [2.24, 2.45) is 11.5 Å². The second-order valence-electron chi connectivity index (χ2n) is 5.19. The van der Waals surface area contributed by atoms with Crippen LogP contribution in [0.2, 0.25) is 0 Å². The molecule has 124 valence electrons. The minimum Gasteiger partial charge on any atom is -0.478 e. The highest BCUT2D eigenvalue weighted by molar-refractivity contribution is 5.97. The highest BCUT2D eigenvalue weighted by atomic mass is 16.4. The second kappa shape index (κ2) is 8.87. The summed E-state index contributed by atoms with van der Waals surface area (Å²) >= 11 is 0. The van der Waals surface area contributed by atoms with Crippen molar-refractivity contribution in [2.45, 2.75) is 32.4 Å². The summed E-state index contributed by atoms with van der Waals surface area (Å²) in [5, 5.41) is 19.0. The van der Waals surface area contributed by atoms with E-state index in [1.54, 1.807) is 12.1 Å². The van der Waals surface area contributed by atoms with Crippen LogP contribution in [0.5, 0.6) is 0 Å². The Morgan fingerprint density at radius 1 is 0.957 bits per heavy atom. The van der Waals surface area contributed by atoms with E-state index in [0.29, 0.717) is 10.8 Å². The zero-order valence-corrected chi connectivity index (χ0v) is 13.0. The maximum atomic E-state index is 10.7. The Hall–Kier alpha value is -2.44. The van der Waals surface area contributed by atoms with Crippen molar-refractivity contribution in [2.75, 3.05) is 0 Å². The summed E-state index contributed by atoms with van der Waals surface area (Å²) < 4.78 is 0. The molecule has 0 saturated carbocycles. The van der Waals surface area contributed by atoms with E-state index in [4.69, 9.17) is 21.7 Å². The minimum absolute atomic E-state index is 0.0973. The van der Waals surface area contributed by atoms with Gasteiger partial charge in [0.05, 0.1) is 17.3 Å². The lowest BCUT2D eigenvalue weighted by Gasteiger charge is -2.01. The zero-order valence-electron chi connectivity index (χ0n) is 13.0. The van der Waals surface area contributed by atoms with Gasteiger partial charge in [-0.05, 0) is 41.5 Å². The van der Waals surface area contributed by atoms with Crippen molar-refractivity contribution in [3.63, 3.8) is 0 Å². The molecule has 0 saturated heterocycles. The van der Waals surface area contributed by atoms with Gasteiger partial charge in [-0.25, -0.2) is 9.59 Å². The Balaban J connectivity index is 0.000000322. The number of carbonyl (C=O) groups is 2. The van der Waals surface area contributed by atoms with E-state index < -0.39 is 11.9 Å². The van der Waals surface area contributed by atoms with Crippen LogP contribution in [0.4, 0.5) is 0 Å². The van der Waals surface area contributed by atoms with Crippen molar-refractivity contribution in [1.82, 2.24) is 0 Å². The molecule has 2 rings (SSSR count). The molecule has 0 fully saturated rings. The number of nitrogens with two attached hydrogens (primary N) is 2. The summed E-state index contributed by atoms with van der Waals surface area (Å²) in [5.41, 5.74) is 10.9. The Labute approximate surface area is 134 Å². The molecule has 2 aromatic rings. The fraction of sp³-hybridized carbons (Fsp3) is 0.294. The van der Waals surface area contributed by atoms with Crippen molar-refractivity contribution in [3.05, 3.63) is 47.5 Å². The molecule has 0 heterocycles. The van der Waals surface area contributed by atoms with E-state index in [2.05, 4.69) is 6.92 Å². The Bertz CT molecular complexity index is 630. The Morgan fingerprint density at radius 2 is 1.39 bits per heavy atom. The number of benzene rings is 2. The average molecular weight is 318 g/mol. The molecule has 0 unspecified atom stereocenters. The van der Waals surface area contributed by atoms with Crippen LogP contribution in [-0.2, 0) is 0 Å². The van der Waals surface area contributed by atoms with Crippen LogP contribution >= 0.6 is 0 Å². The molecular weight excluding hydrogens is 296 g/mol. The zero-order chi connectivity index (χ0) is 17.4. The van der Waals surface area contributed by atoms with Gasteiger partial charge in [0.25, 0.3) is 0 Å². The van der Waals surface area contributed by atoms with E-state index in [0.717, 1.165) is 12.8 Å². The maximum absolute atomic E-state index is 10.7. The Kier molecular flexibility index (Phi) is 7.18. The SMILES string of the molecule is CCCCC(N)N.O=C(O)c1ccc2cc(C(=O)O)ccc2c1. The first kappa shape index (κ1) is 18.6. The smallest absolute Gasteiger partial charge is 0.335 e. The summed E-state index contributed by atoms with van der Waals surface area (Å²) in [4.78, 5) is 21.5. The quantitative estimate of drug-likeness (QED) is 0.628. The van der Waals surface area contributed by atoms with Gasteiger partial charge in [0.1, 0.15) is 0 Å². The maximum Gasteiger partial charge on any atom is 0.335 e. The van der Waals surface area contributed by atoms with Crippen molar-refractivity contribution < 1.29 is 19.8 Å². The molecule has 0 atom stereocenters. The van der Waals surface area contributed by atoms with Crippen LogP contribution in [0.15, 0.2) is 36.4 Å². The fourth-order valence-electron chi connectivity index (χ4n) is 1.95. The highest BCUT2D eigenvalue weighted by Gasteiger charge is 2.06. The third-order valence-electron chi connectivity index (χ3n) is 3.23. The van der Waals surface area contributed by atoms with Crippen molar-refractivity contribution in [3.8, 4) is 0 Å². The summed E-state index contributed by atoms with van der Waals surface area (Å²) in [6.07, 6.45) is 3.19. The molecule has 2 aromatic carbocycles. The largest absolute Gasteiger partial charge is 0.478 e. The molecule has 0 spiro atoms. The van der Waals surface area contributed by atoms with Gasteiger partial charge in [0.15, 0.2) is 0 Å². The number of hydrogen-bond acceptors (Lipinski definition) is 4. The first-order valence-corrected chi connectivity index (χ1v) is 7.36. The Morgan fingerprint density at radius 3 is 1.65 bits per heavy atom. The van der Waals surface area contributed by atoms with E-state index in [1.165, 1.54) is 30.7 Å². The van der Waals surface area contributed by atoms with E-state index in [1.807, 2.05) is 0 Å². The molecular formula is C17H22N2O4. The van der Waals surface area contributed by atoms with Gasteiger partial charge in [0, 0.05) is 0 Å². The standard InChI is InChI=1S/C12H8O4.C5H14N2/c13-11(14)9-3-1-7-5-10(12(15)16)4-2-8(7)6-9;1-2-3-4-5(6)7/h1-6H,(H,13,14)(H,15,16);5H,2-4,6-7H2,1H3. The number of carboxylic acid groups (broad SMARTS) is 2. The lowest BCUT2D eigenvalue weighted by molar-refractivity contribution is 0.0686. The van der Waals surface area contributed by atoms with E-state index >= 15 is 0 Å². The van der Waals surface area contributed by atoms with Crippen LogP contribution in [0.25, 0.3) is 10.8 Å². The average Bonchev–Trinajstić information content (AvgIpc) is 2.52. The number of unbranched alkanes of at least 4 members (excludes halogenated alkanes) is 1. The summed E-state index contributed by atoms with van der Waals surface area (Å²) in [6, 6.07) is 9.15. The molecule has 6 N–H and O–H groups in total. The monoisotopic (exact) mass is 318 g/mol. The highest BCUT2D eigenvalue weighted by Crippen LogP contribution is 2.18. The van der Waals surface area contributed by atoms with E-state index in [-0.39, 0.29) is 17.3 Å². The van der Waals surface area contributed by atoms with Crippen LogP contribution in [0.3, 0.4) is 0 Å². The second-order valence-corrected chi connectivity index (χ2v) is 5.19. The lowest BCUT2D eigenvalue weighted by Crippen LogP contribution is -2.29. The topological polar surface area (TPSA) is 127 Å². The molecule has 0 aliphatic heterocycles. The number of rotatable bonds is 5. The first-order valence-electron chi connectivity index (χ1n) is 7.36. The normalized spacial score (nSPS) is 10.3. The van der Waals surface area contributed by atoms with Crippen molar-refractivity contribution >= 4 is 22.7 Å². The van der Waals surface area contributed by atoms with Crippen molar-refractivity contribution in [1.29, 1.82) is 0 Å². The molecule has 6 heteroatoms. The van der Waals surface area contributed by atoms with Crippen LogP contribution < -0.4 is 11.5 Å². The molecule has 0 aliphatic carbocycles. The van der Waals surface area contributed by atoms with Gasteiger partial charge in [-0.1, -0.05) is 31.9 Å². The van der Waals surface area contributed by atoms with Crippen LogP contribution in [0, 0.1) is 0 Å². The molecule has 0 aromatic heterocycles. The number of fused-ring (bicyclic) bond motifs is 1. The molecule has 0 bridgehead atoms. The number of hydrogen-bond donors (Lipinski definition) is 4. The molecule has 0 amide bonds. The number of aromatic carboxylic acids is 2. The minimum atomic E-state index is -0.996. The molecule has 0 radical (unpaired) electrons. The lowest BCUT2D eigenvalue weighted by atomic mass is 10.0. The summed E-state index contributed by atoms with van der Waals surface area (Å²) in [7, 11) is 0. The summed E-state index contributed by atoms with van der Waals surface area (Å²) in [5.74, 6) is -1.99. The molecule has 23 heavy (non-hydrogen) atoms. The predicted octanol–water partition coefficient (Wildman–Crippen LogP) is 2.66. The van der Waals surface area contributed by atoms with Gasteiger partial charge in [-0.3, -0.25) is 0 Å². The number of carboxylic acids is 2. The third-order valence-corrected chi connectivity index (χ3v) is 3.23. The van der Waals surface area contributed by atoms with Crippen LogP contribution in [0.1, 0.15) is 46.9 Å². The first-order chi connectivity index (χ1) is 10.8. The van der Waals surface area contributed by atoms with Crippen LogP contribution in [-0.4, -0.2) is 28.3 Å². The fourth-order valence-corrected chi connectivity index (χ4v) is 1.95. The van der Waals surface area contributed by atoms with E-state index in [9.17, 15) is 9.59 Å². The van der Waals surface area contributed by atoms with Gasteiger partial charge in [-0.2, -0.15) is 0 Å². The van der Waals surface area contributed by atoms with Gasteiger partial charge in [0.2, 0.25) is 0 Å². The van der Waals surface area contributed by atoms with Gasteiger partial charge in [-0.15, -0.1) is 0 Å². The molecule has 0 aliphatic rings. The molecule has 6 nitrogen and oxygen atoms in total.